The van der Waals surface area contributed by atoms with E-state index in [1.54, 1.807) is 0 Å². The lowest BCUT2D eigenvalue weighted by Gasteiger charge is -2.42. The second kappa shape index (κ2) is 4.92. The zero-order valence-electron chi connectivity index (χ0n) is 9.01. The minimum Gasteiger partial charge on any atom is -0.379 e. The van der Waals surface area contributed by atoms with Crippen molar-refractivity contribution in [3.63, 3.8) is 0 Å². The lowest BCUT2D eigenvalue weighted by atomic mass is 9.75. The topological polar surface area (TPSA) is 35.2 Å². The monoisotopic (exact) mass is 259 g/mol. The van der Waals surface area contributed by atoms with Crippen molar-refractivity contribution in [1.82, 2.24) is 0 Å². The number of hydrogen-bond donors (Lipinski definition) is 1. The largest absolute Gasteiger partial charge is 0.379 e. The van der Waals surface area contributed by atoms with Crippen LogP contribution in [0.5, 0.6) is 0 Å². The van der Waals surface area contributed by atoms with Gasteiger partial charge in [-0.2, -0.15) is 0 Å². The fraction of sp³-hybridized carbons (Fsp3) is 0.500. The van der Waals surface area contributed by atoms with Crippen LogP contribution in [0.4, 0.5) is 0 Å². The van der Waals surface area contributed by atoms with Gasteiger partial charge in [-0.25, -0.2) is 0 Å². The maximum atomic E-state index is 6.04. The molecule has 0 spiro atoms. The highest BCUT2D eigenvalue weighted by Gasteiger charge is 2.39. The van der Waals surface area contributed by atoms with E-state index in [4.69, 9.17) is 33.7 Å². The summed E-state index contributed by atoms with van der Waals surface area (Å²) in [4.78, 5) is 0. The van der Waals surface area contributed by atoms with Gasteiger partial charge in [0.1, 0.15) is 0 Å². The molecular weight excluding hydrogens is 245 g/mol. The number of benzene rings is 1. The highest BCUT2D eigenvalue weighted by Crippen LogP contribution is 2.38. The summed E-state index contributed by atoms with van der Waals surface area (Å²) in [6, 6.07) is 5.83. The Kier molecular flexibility index (Phi) is 3.75. The third kappa shape index (κ3) is 2.21. The molecule has 1 aromatic carbocycles. The molecular formula is C12H15Cl2NO. The van der Waals surface area contributed by atoms with Gasteiger partial charge in [-0.05, 0) is 37.1 Å². The van der Waals surface area contributed by atoms with Crippen LogP contribution in [0.15, 0.2) is 18.2 Å². The lowest BCUT2D eigenvalue weighted by molar-refractivity contribution is -0.0649. The summed E-state index contributed by atoms with van der Waals surface area (Å²) in [6.07, 6.45) is 2.05. The molecule has 1 heterocycles. The standard InChI is InChI=1S/C12H15Cl2NO/c13-10-3-2-9(6-11(10)14)12(4-1-5-15)7-16-8-12/h2-3,6H,1,4-5,7-8,15H2. The molecule has 0 atom stereocenters. The molecule has 4 heteroatoms. The van der Waals surface area contributed by atoms with Crippen LogP contribution in [-0.4, -0.2) is 19.8 Å². The van der Waals surface area contributed by atoms with Gasteiger partial charge in [0.15, 0.2) is 0 Å². The third-order valence-electron chi connectivity index (χ3n) is 3.15. The first-order valence-electron chi connectivity index (χ1n) is 5.41. The molecule has 1 fully saturated rings. The zero-order chi connectivity index (χ0) is 11.6. The van der Waals surface area contributed by atoms with E-state index in [9.17, 15) is 0 Å². The van der Waals surface area contributed by atoms with Gasteiger partial charge in [-0.3, -0.25) is 0 Å². The Hall–Kier alpha value is -0.280. The van der Waals surface area contributed by atoms with Crippen LogP contribution >= 0.6 is 23.2 Å². The van der Waals surface area contributed by atoms with Gasteiger partial charge in [0.2, 0.25) is 0 Å². The van der Waals surface area contributed by atoms with Gasteiger partial charge >= 0.3 is 0 Å². The maximum Gasteiger partial charge on any atom is 0.0595 e. The third-order valence-corrected chi connectivity index (χ3v) is 3.89. The summed E-state index contributed by atoms with van der Waals surface area (Å²) in [5.41, 5.74) is 6.87. The number of hydrogen-bond acceptors (Lipinski definition) is 2. The van der Waals surface area contributed by atoms with E-state index in [2.05, 4.69) is 0 Å². The molecule has 1 aliphatic heterocycles. The molecule has 2 rings (SSSR count). The maximum absolute atomic E-state index is 6.04. The van der Waals surface area contributed by atoms with E-state index in [1.165, 1.54) is 5.56 Å². The van der Waals surface area contributed by atoms with Crippen molar-refractivity contribution in [3.8, 4) is 0 Å². The minimum atomic E-state index is 0.105. The highest BCUT2D eigenvalue weighted by atomic mass is 35.5. The van der Waals surface area contributed by atoms with Crippen LogP contribution in [0.3, 0.4) is 0 Å². The summed E-state index contributed by atoms with van der Waals surface area (Å²) in [6.45, 7) is 2.22. The quantitative estimate of drug-likeness (QED) is 0.903. The predicted octanol–water partition coefficient (Wildman–Crippen LogP) is 3.00. The van der Waals surface area contributed by atoms with E-state index in [1.807, 2.05) is 18.2 Å². The molecule has 2 nitrogen and oxygen atoms in total. The molecule has 0 unspecified atom stereocenters. The normalized spacial score (nSPS) is 18.2. The van der Waals surface area contributed by atoms with Crippen LogP contribution < -0.4 is 5.73 Å². The summed E-state index contributed by atoms with van der Waals surface area (Å²) in [5.74, 6) is 0. The minimum absolute atomic E-state index is 0.105. The van der Waals surface area contributed by atoms with E-state index < -0.39 is 0 Å². The van der Waals surface area contributed by atoms with Crippen LogP contribution in [0, 0.1) is 0 Å². The van der Waals surface area contributed by atoms with Crippen molar-refractivity contribution in [1.29, 1.82) is 0 Å². The molecule has 0 radical (unpaired) electrons. The first-order chi connectivity index (χ1) is 7.68. The Morgan fingerprint density at radius 3 is 2.50 bits per heavy atom. The van der Waals surface area contributed by atoms with Gasteiger partial charge < -0.3 is 10.5 Å². The molecule has 2 N–H and O–H groups in total. The highest BCUT2D eigenvalue weighted by molar-refractivity contribution is 6.42. The first kappa shape index (κ1) is 12.2. The molecule has 88 valence electrons. The van der Waals surface area contributed by atoms with Crippen LogP contribution in [0.25, 0.3) is 0 Å². The van der Waals surface area contributed by atoms with E-state index >= 15 is 0 Å². The second-order valence-corrected chi connectivity index (χ2v) is 5.11. The van der Waals surface area contributed by atoms with Crippen molar-refractivity contribution in [3.05, 3.63) is 33.8 Å². The SMILES string of the molecule is NCCCC1(c2ccc(Cl)c(Cl)c2)COC1. The molecule has 0 saturated carbocycles. The number of nitrogens with two attached hydrogens (primary N) is 1. The number of rotatable bonds is 4. The first-order valence-corrected chi connectivity index (χ1v) is 6.17. The van der Waals surface area contributed by atoms with Crippen molar-refractivity contribution in [2.45, 2.75) is 18.3 Å². The van der Waals surface area contributed by atoms with Crippen molar-refractivity contribution in [2.75, 3.05) is 19.8 Å². The molecule has 1 saturated heterocycles. The van der Waals surface area contributed by atoms with Crippen molar-refractivity contribution in [2.24, 2.45) is 5.73 Å². The molecule has 0 aliphatic carbocycles. The van der Waals surface area contributed by atoms with Crippen LogP contribution in [0.1, 0.15) is 18.4 Å². The zero-order valence-corrected chi connectivity index (χ0v) is 10.5. The fourth-order valence-electron chi connectivity index (χ4n) is 2.07. The van der Waals surface area contributed by atoms with E-state index in [-0.39, 0.29) is 5.41 Å². The molecule has 1 aromatic rings. The van der Waals surface area contributed by atoms with Gasteiger partial charge in [0, 0.05) is 5.41 Å². The second-order valence-electron chi connectivity index (χ2n) is 4.29. The average Bonchev–Trinajstić information content (AvgIpc) is 2.22. The van der Waals surface area contributed by atoms with Gasteiger partial charge in [-0.15, -0.1) is 0 Å². The van der Waals surface area contributed by atoms with E-state index in [0.717, 1.165) is 26.1 Å². The Balaban J connectivity index is 2.22. The predicted molar refractivity (Wildman–Crippen MR) is 67.2 cm³/mol. The summed E-state index contributed by atoms with van der Waals surface area (Å²) in [5, 5.41) is 1.21. The lowest BCUT2D eigenvalue weighted by Crippen LogP contribution is -2.47. The molecule has 1 aliphatic rings. The Morgan fingerprint density at radius 1 is 1.25 bits per heavy atom. The Labute approximate surface area is 106 Å². The number of ether oxygens (including phenoxy) is 1. The molecule has 16 heavy (non-hydrogen) atoms. The summed E-state index contributed by atoms with van der Waals surface area (Å²) >= 11 is 12.0. The van der Waals surface area contributed by atoms with E-state index in [0.29, 0.717) is 16.6 Å². The van der Waals surface area contributed by atoms with Crippen molar-refractivity contribution >= 4 is 23.2 Å². The van der Waals surface area contributed by atoms with Gasteiger partial charge in [0.05, 0.1) is 23.3 Å². The Bertz CT molecular complexity index is 377. The Morgan fingerprint density at radius 2 is 2.00 bits per heavy atom. The van der Waals surface area contributed by atoms with Crippen LogP contribution in [-0.2, 0) is 10.2 Å². The summed E-state index contributed by atoms with van der Waals surface area (Å²) < 4.78 is 5.34. The molecule has 0 aromatic heterocycles. The number of halogens is 2. The van der Waals surface area contributed by atoms with Crippen molar-refractivity contribution < 1.29 is 4.74 Å². The fourth-order valence-corrected chi connectivity index (χ4v) is 2.37. The average molecular weight is 260 g/mol. The molecule has 0 amide bonds. The molecule has 0 bridgehead atoms. The van der Waals surface area contributed by atoms with Gasteiger partial charge in [-0.1, -0.05) is 29.3 Å². The van der Waals surface area contributed by atoms with Gasteiger partial charge in [0.25, 0.3) is 0 Å². The van der Waals surface area contributed by atoms with Crippen LogP contribution in [0.2, 0.25) is 10.0 Å². The summed E-state index contributed by atoms with van der Waals surface area (Å²) in [7, 11) is 0. The smallest absolute Gasteiger partial charge is 0.0595 e.